The number of nitrogens with zero attached hydrogens (tertiary/aromatic N) is 3. The van der Waals surface area contributed by atoms with Gasteiger partial charge in [0.15, 0.2) is 5.82 Å². The second-order valence-electron chi connectivity index (χ2n) is 5.95. The van der Waals surface area contributed by atoms with E-state index in [2.05, 4.69) is 20.3 Å². The fourth-order valence-electron chi connectivity index (χ4n) is 2.74. The molecule has 0 bridgehead atoms. The summed E-state index contributed by atoms with van der Waals surface area (Å²) in [5.41, 5.74) is 1.69. The predicted molar refractivity (Wildman–Crippen MR) is 93.0 cm³/mol. The highest BCUT2D eigenvalue weighted by Gasteiger charge is 2.31. The number of likely N-dealkylation sites (tertiary alicyclic amines) is 1. The van der Waals surface area contributed by atoms with E-state index in [0.717, 1.165) is 5.57 Å². The topological polar surface area (TPSA) is 67.4 Å². The second kappa shape index (κ2) is 8.07. The number of halogens is 3. The normalized spacial score (nSPS) is 14.6. The minimum absolute atomic E-state index is 0.252. The van der Waals surface area contributed by atoms with Gasteiger partial charge in [0.2, 0.25) is 0 Å². The zero-order chi connectivity index (χ0) is 19.3. The highest BCUT2D eigenvalue weighted by Crippen LogP contribution is 2.26. The smallest absolute Gasteiger partial charge is 0.406 e. The van der Waals surface area contributed by atoms with Crippen molar-refractivity contribution in [1.82, 2.24) is 15.1 Å². The summed E-state index contributed by atoms with van der Waals surface area (Å²) in [5.74, 6) is 0.128. The molecule has 0 spiro atoms. The fourth-order valence-corrected chi connectivity index (χ4v) is 2.74. The average molecular weight is 378 g/mol. The van der Waals surface area contributed by atoms with Crippen LogP contribution in [0, 0.1) is 0 Å². The van der Waals surface area contributed by atoms with Crippen molar-refractivity contribution in [2.45, 2.75) is 19.2 Å². The number of benzene rings is 1. The molecule has 1 aliphatic rings. The number of nitrogens with one attached hydrogen (secondary N) is 1. The summed E-state index contributed by atoms with van der Waals surface area (Å²) in [6.07, 6.45) is -0.0897. The van der Waals surface area contributed by atoms with Crippen LogP contribution in [-0.4, -0.2) is 40.6 Å². The highest BCUT2D eigenvalue weighted by molar-refractivity contribution is 5.88. The number of ether oxygens (including phenoxy) is 1. The lowest BCUT2D eigenvalue weighted by molar-refractivity contribution is -0.274. The predicted octanol–water partition coefficient (Wildman–Crippen LogP) is 4.09. The van der Waals surface area contributed by atoms with Crippen LogP contribution in [0.15, 0.2) is 48.2 Å². The third kappa shape index (κ3) is 5.70. The van der Waals surface area contributed by atoms with E-state index in [1.807, 2.05) is 6.08 Å². The van der Waals surface area contributed by atoms with Crippen molar-refractivity contribution in [3.63, 3.8) is 0 Å². The van der Waals surface area contributed by atoms with Crippen LogP contribution in [0.25, 0.3) is 6.08 Å². The van der Waals surface area contributed by atoms with E-state index < -0.39 is 6.36 Å². The minimum Gasteiger partial charge on any atom is -0.406 e. The van der Waals surface area contributed by atoms with Gasteiger partial charge in [-0.3, -0.25) is 5.32 Å². The van der Waals surface area contributed by atoms with Gasteiger partial charge >= 0.3 is 12.4 Å². The molecule has 0 radical (unpaired) electrons. The number of aromatic nitrogens is 2. The lowest BCUT2D eigenvalue weighted by Crippen LogP contribution is -2.39. The summed E-state index contributed by atoms with van der Waals surface area (Å²) < 4.78 is 40.9. The van der Waals surface area contributed by atoms with Gasteiger partial charge in [-0.05, 0) is 42.7 Å². The van der Waals surface area contributed by atoms with Crippen molar-refractivity contribution in [2.24, 2.45) is 0 Å². The van der Waals surface area contributed by atoms with Crippen LogP contribution in [0.3, 0.4) is 0 Å². The molecule has 3 rings (SSSR count). The molecule has 9 heteroatoms. The maximum atomic E-state index is 12.3. The summed E-state index contributed by atoms with van der Waals surface area (Å²) in [5, 5.41) is 10.2. The van der Waals surface area contributed by atoms with Gasteiger partial charge < -0.3 is 9.64 Å². The van der Waals surface area contributed by atoms with Crippen molar-refractivity contribution < 1.29 is 22.7 Å². The number of anilines is 1. The number of piperidine rings is 1. The molecule has 1 saturated heterocycles. The molecule has 0 unspecified atom stereocenters. The first-order valence-corrected chi connectivity index (χ1v) is 8.28. The van der Waals surface area contributed by atoms with Crippen molar-refractivity contribution in [3.8, 4) is 5.75 Å². The lowest BCUT2D eigenvalue weighted by Gasteiger charge is -2.28. The average Bonchev–Trinajstić information content (AvgIpc) is 2.62. The second-order valence-corrected chi connectivity index (χ2v) is 5.95. The molecule has 2 heterocycles. The summed E-state index contributed by atoms with van der Waals surface area (Å²) >= 11 is 0. The molecule has 0 atom stereocenters. The van der Waals surface area contributed by atoms with Crippen LogP contribution in [0.4, 0.5) is 23.8 Å². The Morgan fingerprint density at radius 1 is 1.19 bits per heavy atom. The Morgan fingerprint density at radius 3 is 2.63 bits per heavy atom. The molecule has 6 nitrogen and oxygen atoms in total. The van der Waals surface area contributed by atoms with E-state index >= 15 is 0 Å². The Bertz CT molecular complexity index is 815. The van der Waals surface area contributed by atoms with Crippen LogP contribution < -0.4 is 10.1 Å². The zero-order valence-electron chi connectivity index (χ0n) is 14.2. The molecule has 1 aromatic heterocycles. The third-order valence-electron chi connectivity index (χ3n) is 3.96. The van der Waals surface area contributed by atoms with Gasteiger partial charge in [-0.15, -0.1) is 18.3 Å². The molecule has 2 aromatic rings. The summed E-state index contributed by atoms with van der Waals surface area (Å²) in [7, 11) is 0. The largest absolute Gasteiger partial charge is 0.573 e. The Morgan fingerprint density at radius 2 is 1.96 bits per heavy atom. The maximum absolute atomic E-state index is 12.3. The molecule has 1 fully saturated rings. The van der Waals surface area contributed by atoms with Crippen LogP contribution in [0.1, 0.15) is 18.4 Å². The molecule has 142 valence electrons. The molecule has 1 aromatic carbocycles. The van der Waals surface area contributed by atoms with E-state index in [-0.39, 0.29) is 11.8 Å². The van der Waals surface area contributed by atoms with Gasteiger partial charge in [-0.25, -0.2) is 4.79 Å². The van der Waals surface area contributed by atoms with Crippen molar-refractivity contribution >= 4 is 17.9 Å². The Hall–Kier alpha value is -3.10. The van der Waals surface area contributed by atoms with Crippen LogP contribution in [0.5, 0.6) is 5.75 Å². The summed E-state index contributed by atoms with van der Waals surface area (Å²) in [6.45, 7) is 1.02. The number of urea groups is 1. The highest BCUT2D eigenvalue weighted by atomic mass is 19.4. The Balaban J connectivity index is 1.57. The SMILES string of the molecule is O=C(Nc1cccnn1)N1CCC(=Cc2cccc(OC(F)(F)F)c2)CC1. The number of carbonyl (C=O) groups is 1. The first-order chi connectivity index (χ1) is 12.9. The van der Waals surface area contributed by atoms with Crippen molar-refractivity contribution in [1.29, 1.82) is 0 Å². The molecule has 1 aliphatic heterocycles. The van der Waals surface area contributed by atoms with E-state index in [1.54, 1.807) is 23.1 Å². The third-order valence-corrected chi connectivity index (χ3v) is 3.96. The number of rotatable bonds is 3. The quantitative estimate of drug-likeness (QED) is 0.874. The van der Waals surface area contributed by atoms with Crippen molar-refractivity contribution in [2.75, 3.05) is 18.4 Å². The molecule has 1 N–H and O–H groups in total. The van der Waals surface area contributed by atoms with E-state index in [4.69, 9.17) is 0 Å². The molecular weight excluding hydrogens is 361 g/mol. The van der Waals surface area contributed by atoms with E-state index in [9.17, 15) is 18.0 Å². The number of hydrogen-bond acceptors (Lipinski definition) is 4. The lowest BCUT2D eigenvalue weighted by atomic mass is 10.0. The number of amides is 2. The number of carbonyl (C=O) groups excluding carboxylic acids is 1. The van der Waals surface area contributed by atoms with E-state index in [0.29, 0.717) is 37.3 Å². The van der Waals surface area contributed by atoms with Crippen molar-refractivity contribution in [3.05, 3.63) is 53.7 Å². The Labute approximate surface area is 153 Å². The number of hydrogen-bond donors (Lipinski definition) is 1. The monoisotopic (exact) mass is 378 g/mol. The van der Waals surface area contributed by atoms with Gasteiger partial charge in [0, 0.05) is 19.3 Å². The standard InChI is InChI=1S/C18H17F3N4O2/c19-18(20,21)27-15-4-1-3-14(12-15)11-13-6-9-25(10-7-13)17(26)23-16-5-2-8-22-24-16/h1-5,8,11-12H,6-7,9-10H2,(H,23,24,26). The summed E-state index contributed by atoms with van der Waals surface area (Å²) in [4.78, 5) is 13.9. The zero-order valence-corrected chi connectivity index (χ0v) is 14.2. The van der Waals surface area contributed by atoms with Gasteiger partial charge in [0.05, 0.1) is 0 Å². The van der Waals surface area contributed by atoms with Crippen LogP contribution >= 0.6 is 0 Å². The van der Waals surface area contributed by atoms with Gasteiger partial charge in [-0.2, -0.15) is 5.10 Å². The molecule has 0 aliphatic carbocycles. The van der Waals surface area contributed by atoms with Gasteiger partial charge in [0.1, 0.15) is 5.75 Å². The minimum atomic E-state index is -4.71. The van der Waals surface area contributed by atoms with Crippen LogP contribution in [-0.2, 0) is 0 Å². The maximum Gasteiger partial charge on any atom is 0.573 e. The van der Waals surface area contributed by atoms with E-state index in [1.165, 1.54) is 24.4 Å². The number of alkyl halides is 3. The first-order valence-electron chi connectivity index (χ1n) is 8.28. The summed E-state index contributed by atoms with van der Waals surface area (Å²) in [6, 6.07) is 8.89. The fraction of sp³-hybridized carbons (Fsp3) is 0.278. The van der Waals surface area contributed by atoms with Gasteiger partial charge in [-0.1, -0.05) is 23.8 Å². The molecule has 27 heavy (non-hydrogen) atoms. The van der Waals surface area contributed by atoms with Gasteiger partial charge in [0.25, 0.3) is 0 Å². The molecule has 2 amide bonds. The molecular formula is C18H17F3N4O2. The molecule has 0 saturated carbocycles. The Kier molecular flexibility index (Phi) is 5.58. The van der Waals surface area contributed by atoms with Crippen LogP contribution in [0.2, 0.25) is 0 Å². The first kappa shape index (κ1) is 18.7.